The summed E-state index contributed by atoms with van der Waals surface area (Å²) in [5.41, 5.74) is 0.633. The summed E-state index contributed by atoms with van der Waals surface area (Å²) in [5.74, 6) is 1.63. The largest absolute Gasteiger partial charge is 0.381 e. The van der Waals surface area contributed by atoms with Gasteiger partial charge in [0.2, 0.25) is 5.91 Å². The molecule has 0 bridgehead atoms. The standard InChI is InChI=1S/C25H35FN4O3/c26-20-3-6-23-22(17-20)24(28-33-23)30-13-11-29(12-14-30)10-7-18-1-4-21(5-2-18)27-25(31)19-8-15-32-16-9-19/h3,6,17-19,21H,1-2,4-5,7-16H2,(H,27,31)/t18-,21-. The zero-order valence-corrected chi connectivity index (χ0v) is 19.3. The Kier molecular flexibility index (Phi) is 7.11. The van der Waals surface area contributed by atoms with Gasteiger partial charge in [-0.25, -0.2) is 4.39 Å². The van der Waals surface area contributed by atoms with E-state index >= 15 is 0 Å². The van der Waals surface area contributed by atoms with Crippen LogP contribution in [0, 0.1) is 17.7 Å². The quantitative estimate of drug-likeness (QED) is 0.714. The lowest BCUT2D eigenvalue weighted by Gasteiger charge is -2.36. The van der Waals surface area contributed by atoms with Gasteiger partial charge >= 0.3 is 0 Å². The fourth-order valence-electron chi connectivity index (χ4n) is 5.55. The van der Waals surface area contributed by atoms with Gasteiger partial charge in [0, 0.05) is 51.4 Å². The van der Waals surface area contributed by atoms with Crippen LogP contribution in [-0.4, -0.2) is 67.9 Å². The third kappa shape index (κ3) is 5.49. The fraction of sp³-hybridized carbons (Fsp3) is 0.680. The van der Waals surface area contributed by atoms with Crippen molar-refractivity contribution in [3.05, 3.63) is 24.0 Å². The van der Waals surface area contributed by atoms with Crippen molar-refractivity contribution in [3.63, 3.8) is 0 Å². The molecule has 1 aromatic heterocycles. The molecule has 1 saturated carbocycles. The van der Waals surface area contributed by atoms with E-state index in [0.717, 1.165) is 75.5 Å². The topological polar surface area (TPSA) is 70.8 Å². The van der Waals surface area contributed by atoms with Crippen LogP contribution < -0.4 is 10.2 Å². The van der Waals surface area contributed by atoms with Crippen LogP contribution in [0.2, 0.25) is 0 Å². The number of halogens is 1. The van der Waals surface area contributed by atoms with E-state index in [-0.39, 0.29) is 17.6 Å². The minimum absolute atomic E-state index is 0.143. The van der Waals surface area contributed by atoms with Gasteiger partial charge in [-0.3, -0.25) is 9.69 Å². The van der Waals surface area contributed by atoms with Crippen LogP contribution in [0.3, 0.4) is 0 Å². The monoisotopic (exact) mass is 458 g/mol. The maximum atomic E-state index is 13.7. The predicted molar refractivity (Wildman–Crippen MR) is 125 cm³/mol. The number of rotatable bonds is 6. The van der Waals surface area contributed by atoms with Crippen molar-refractivity contribution in [1.82, 2.24) is 15.4 Å². The zero-order chi connectivity index (χ0) is 22.6. The molecule has 0 spiro atoms. The number of ether oxygens (including phenoxy) is 1. The van der Waals surface area contributed by atoms with Gasteiger partial charge in [0.1, 0.15) is 5.82 Å². The van der Waals surface area contributed by atoms with Crippen LogP contribution in [0.4, 0.5) is 10.2 Å². The van der Waals surface area contributed by atoms with Gasteiger partial charge in [0.15, 0.2) is 11.4 Å². The smallest absolute Gasteiger partial charge is 0.223 e. The molecule has 1 aliphatic carbocycles. The van der Waals surface area contributed by atoms with E-state index in [0.29, 0.717) is 24.8 Å². The van der Waals surface area contributed by atoms with E-state index in [9.17, 15) is 9.18 Å². The number of hydrogen-bond acceptors (Lipinski definition) is 6. The normalized spacial score (nSPS) is 25.4. The molecule has 3 heterocycles. The Morgan fingerprint density at radius 2 is 1.82 bits per heavy atom. The molecule has 0 unspecified atom stereocenters. The second-order valence-corrected chi connectivity index (χ2v) is 9.88. The zero-order valence-electron chi connectivity index (χ0n) is 19.3. The number of nitrogens with zero attached hydrogens (tertiary/aromatic N) is 3. The molecular weight excluding hydrogens is 423 g/mol. The summed E-state index contributed by atoms with van der Waals surface area (Å²) >= 11 is 0. The van der Waals surface area contributed by atoms with Gasteiger partial charge in [-0.05, 0) is 75.6 Å². The second-order valence-electron chi connectivity index (χ2n) is 9.88. The highest BCUT2D eigenvalue weighted by Crippen LogP contribution is 2.29. The van der Waals surface area contributed by atoms with Gasteiger partial charge in [-0.15, -0.1) is 0 Å². The van der Waals surface area contributed by atoms with Gasteiger partial charge in [-0.1, -0.05) is 5.16 Å². The van der Waals surface area contributed by atoms with E-state index in [1.165, 1.54) is 31.4 Å². The fourth-order valence-corrected chi connectivity index (χ4v) is 5.55. The number of aromatic nitrogens is 1. The summed E-state index contributed by atoms with van der Waals surface area (Å²) < 4.78 is 24.4. The number of nitrogens with one attached hydrogen (secondary N) is 1. The molecule has 0 atom stereocenters. The van der Waals surface area contributed by atoms with Crippen LogP contribution in [0.25, 0.3) is 11.0 Å². The molecule has 2 aliphatic heterocycles. The van der Waals surface area contributed by atoms with Crippen molar-refractivity contribution in [3.8, 4) is 0 Å². The first kappa shape index (κ1) is 22.6. The molecule has 8 heteroatoms. The number of anilines is 1. The summed E-state index contributed by atoms with van der Waals surface area (Å²) in [7, 11) is 0. The molecule has 1 amide bonds. The number of hydrogen-bond donors (Lipinski definition) is 1. The molecule has 3 aliphatic rings. The Morgan fingerprint density at radius 3 is 2.58 bits per heavy atom. The number of amides is 1. The van der Waals surface area contributed by atoms with Crippen molar-refractivity contribution >= 4 is 22.7 Å². The summed E-state index contributed by atoms with van der Waals surface area (Å²) in [5, 5.41) is 8.25. The molecule has 2 aromatic rings. The third-order valence-corrected chi connectivity index (χ3v) is 7.72. The maximum Gasteiger partial charge on any atom is 0.223 e. The number of piperazine rings is 1. The molecule has 2 saturated heterocycles. The molecular formula is C25H35FN4O3. The van der Waals surface area contributed by atoms with Crippen LogP contribution >= 0.6 is 0 Å². The third-order valence-electron chi connectivity index (χ3n) is 7.72. The molecule has 1 aromatic carbocycles. The number of fused-ring (bicyclic) bond motifs is 1. The Balaban J connectivity index is 1.02. The number of carbonyl (C=O) groups excluding carboxylic acids is 1. The van der Waals surface area contributed by atoms with E-state index in [1.807, 2.05) is 0 Å². The van der Waals surface area contributed by atoms with Crippen molar-refractivity contribution in [1.29, 1.82) is 0 Å². The van der Waals surface area contributed by atoms with Crippen molar-refractivity contribution in [2.24, 2.45) is 11.8 Å². The number of benzene rings is 1. The van der Waals surface area contributed by atoms with Crippen LogP contribution in [0.1, 0.15) is 44.9 Å². The Morgan fingerprint density at radius 1 is 1.06 bits per heavy atom. The van der Waals surface area contributed by atoms with Crippen molar-refractivity contribution in [2.75, 3.05) is 50.8 Å². The molecule has 7 nitrogen and oxygen atoms in total. The first-order chi connectivity index (χ1) is 16.2. The summed E-state index contributed by atoms with van der Waals surface area (Å²) in [6, 6.07) is 4.91. The average molecular weight is 459 g/mol. The lowest BCUT2D eigenvalue weighted by atomic mass is 9.83. The Hall–Kier alpha value is -2.19. The van der Waals surface area contributed by atoms with E-state index < -0.39 is 0 Å². The lowest BCUT2D eigenvalue weighted by molar-refractivity contribution is -0.128. The molecule has 1 N–H and O–H groups in total. The predicted octanol–water partition coefficient (Wildman–Crippen LogP) is 3.58. The van der Waals surface area contributed by atoms with E-state index in [2.05, 4.69) is 20.3 Å². The maximum absolute atomic E-state index is 13.7. The van der Waals surface area contributed by atoms with Crippen LogP contribution in [0.15, 0.2) is 22.7 Å². The first-order valence-electron chi connectivity index (χ1n) is 12.6. The minimum atomic E-state index is -0.261. The number of carbonyl (C=O) groups is 1. The molecule has 180 valence electrons. The highest BCUT2D eigenvalue weighted by atomic mass is 19.1. The summed E-state index contributed by atoms with van der Waals surface area (Å²) in [6.45, 7) is 6.28. The van der Waals surface area contributed by atoms with E-state index in [1.54, 1.807) is 6.07 Å². The van der Waals surface area contributed by atoms with Gasteiger partial charge in [0.05, 0.1) is 5.39 Å². The average Bonchev–Trinajstić information content (AvgIpc) is 3.27. The lowest BCUT2D eigenvalue weighted by Crippen LogP contribution is -2.47. The van der Waals surface area contributed by atoms with Gasteiger partial charge in [0.25, 0.3) is 0 Å². The second kappa shape index (κ2) is 10.4. The molecule has 3 fully saturated rings. The minimum Gasteiger partial charge on any atom is -0.381 e. The summed E-state index contributed by atoms with van der Waals surface area (Å²) in [4.78, 5) is 17.2. The molecule has 0 radical (unpaired) electrons. The molecule has 33 heavy (non-hydrogen) atoms. The van der Waals surface area contributed by atoms with Crippen molar-refractivity contribution in [2.45, 2.75) is 51.0 Å². The molecule has 5 rings (SSSR count). The highest BCUT2D eigenvalue weighted by molar-refractivity contribution is 5.88. The van der Waals surface area contributed by atoms with Gasteiger partial charge < -0.3 is 19.5 Å². The first-order valence-corrected chi connectivity index (χ1v) is 12.6. The SMILES string of the molecule is O=C(N[C@H]1CC[C@H](CCN2CCN(c3noc4ccc(F)cc34)CC2)CC1)C1CCOCC1. The Bertz CT molecular complexity index is 929. The van der Waals surface area contributed by atoms with Gasteiger partial charge in [-0.2, -0.15) is 0 Å². The summed E-state index contributed by atoms with van der Waals surface area (Å²) in [6.07, 6.45) is 7.55. The van der Waals surface area contributed by atoms with Crippen LogP contribution in [-0.2, 0) is 9.53 Å². The van der Waals surface area contributed by atoms with Crippen LogP contribution in [0.5, 0.6) is 0 Å². The Labute approximate surface area is 194 Å². The van der Waals surface area contributed by atoms with E-state index in [4.69, 9.17) is 9.26 Å². The van der Waals surface area contributed by atoms with Crippen molar-refractivity contribution < 1.29 is 18.4 Å². The highest BCUT2D eigenvalue weighted by Gasteiger charge is 2.28.